The number of amides is 2. The molecule has 1 saturated carbocycles. The third-order valence-corrected chi connectivity index (χ3v) is 4.84. The lowest BCUT2D eigenvalue weighted by atomic mass is 9.83. The van der Waals surface area contributed by atoms with Crippen LogP contribution < -0.4 is 5.32 Å². The molecule has 1 N–H and O–H groups in total. The molecule has 0 bridgehead atoms. The number of rotatable bonds is 5. The zero-order valence-corrected chi connectivity index (χ0v) is 13.3. The zero-order valence-electron chi connectivity index (χ0n) is 13.3. The summed E-state index contributed by atoms with van der Waals surface area (Å²) in [5, 5.41) is 2.98. The molecule has 2 unspecified atom stereocenters. The SMILES string of the molecule is CCC(COC)N1CCC(=O)NC(C2CCCCC2)C1=O. The van der Waals surface area contributed by atoms with Crippen molar-refractivity contribution in [1.82, 2.24) is 10.2 Å². The van der Waals surface area contributed by atoms with E-state index in [1.807, 2.05) is 4.90 Å². The molecular formula is C16H28N2O3. The summed E-state index contributed by atoms with van der Waals surface area (Å²) in [5.74, 6) is 0.404. The van der Waals surface area contributed by atoms with Gasteiger partial charge in [-0.05, 0) is 25.2 Å². The Morgan fingerprint density at radius 2 is 2.00 bits per heavy atom. The molecule has 1 saturated heterocycles. The molecule has 0 radical (unpaired) electrons. The van der Waals surface area contributed by atoms with E-state index < -0.39 is 0 Å². The summed E-state index contributed by atoms with van der Waals surface area (Å²) < 4.78 is 5.25. The predicted molar refractivity (Wildman–Crippen MR) is 80.8 cm³/mol. The van der Waals surface area contributed by atoms with Gasteiger partial charge in [-0.1, -0.05) is 26.2 Å². The van der Waals surface area contributed by atoms with Gasteiger partial charge in [0.15, 0.2) is 0 Å². The lowest BCUT2D eigenvalue weighted by Gasteiger charge is -2.35. The van der Waals surface area contributed by atoms with Gasteiger partial charge in [-0.3, -0.25) is 9.59 Å². The van der Waals surface area contributed by atoms with Crippen molar-refractivity contribution in [2.45, 2.75) is 64.0 Å². The number of nitrogens with one attached hydrogen (secondary N) is 1. The van der Waals surface area contributed by atoms with Crippen molar-refractivity contribution in [3.63, 3.8) is 0 Å². The first-order valence-electron chi connectivity index (χ1n) is 8.26. The minimum atomic E-state index is -0.328. The smallest absolute Gasteiger partial charge is 0.245 e. The second kappa shape index (κ2) is 7.78. The molecular weight excluding hydrogens is 268 g/mol. The fraction of sp³-hybridized carbons (Fsp3) is 0.875. The van der Waals surface area contributed by atoms with Crippen LogP contribution in [0.4, 0.5) is 0 Å². The van der Waals surface area contributed by atoms with Crippen molar-refractivity contribution in [1.29, 1.82) is 0 Å². The van der Waals surface area contributed by atoms with Crippen molar-refractivity contribution in [2.75, 3.05) is 20.3 Å². The van der Waals surface area contributed by atoms with Gasteiger partial charge in [0.05, 0.1) is 12.6 Å². The zero-order chi connectivity index (χ0) is 15.2. The van der Waals surface area contributed by atoms with Crippen molar-refractivity contribution in [3.8, 4) is 0 Å². The first-order chi connectivity index (χ1) is 10.2. The van der Waals surface area contributed by atoms with Crippen LogP contribution in [0.5, 0.6) is 0 Å². The number of nitrogens with zero attached hydrogens (tertiary/aromatic N) is 1. The summed E-state index contributed by atoms with van der Waals surface area (Å²) >= 11 is 0. The monoisotopic (exact) mass is 296 g/mol. The molecule has 2 atom stereocenters. The molecule has 0 aromatic carbocycles. The molecule has 1 heterocycles. The van der Waals surface area contributed by atoms with Crippen molar-refractivity contribution in [2.24, 2.45) is 5.92 Å². The Morgan fingerprint density at radius 1 is 1.29 bits per heavy atom. The number of methoxy groups -OCH3 is 1. The number of hydrogen-bond donors (Lipinski definition) is 1. The summed E-state index contributed by atoms with van der Waals surface area (Å²) in [6.07, 6.45) is 6.92. The van der Waals surface area contributed by atoms with Crippen molar-refractivity contribution < 1.29 is 14.3 Å². The van der Waals surface area contributed by atoms with Gasteiger partial charge >= 0.3 is 0 Å². The fourth-order valence-corrected chi connectivity index (χ4v) is 3.59. The van der Waals surface area contributed by atoms with E-state index in [4.69, 9.17) is 4.74 Å². The normalized spacial score (nSPS) is 26.4. The number of carbonyl (C=O) groups excluding carboxylic acids is 2. The van der Waals surface area contributed by atoms with E-state index in [9.17, 15) is 9.59 Å². The minimum absolute atomic E-state index is 0.00805. The summed E-state index contributed by atoms with van der Waals surface area (Å²) in [7, 11) is 1.66. The lowest BCUT2D eigenvalue weighted by molar-refractivity contribution is -0.138. The number of ether oxygens (including phenoxy) is 1. The van der Waals surface area contributed by atoms with E-state index in [-0.39, 0.29) is 23.9 Å². The van der Waals surface area contributed by atoms with E-state index in [1.165, 1.54) is 19.3 Å². The maximum atomic E-state index is 12.9. The molecule has 1 aliphatic carbocycles. The third-order valence-electron chi connectivity index (χ3n) is 4.84. The molecule has 120 valence electrons. The van der Waals surface area contributed by atoms with Gasteiger partial charge in [0.2, 0.25) is 11.8 Å². The Morgan fingerprint density at radius 3 is 2.62 bits per heavy atom. The predicted octanol–water partition coefficient (Wildman–Crippen LogP) is 1.71. The van der Waals surface area contributed by atoms with Gasteiger partial charge in [0.25, 0.3) is 0 Å². The number of carbonyl (C=O) groups is 2. The van der Waals surface area contributed by atoms with Gasteiger partial charge in [-0.25, -0.2) is 0 Å². The Bertz CT molecular complexity index is 367. The molecule has 2 amide bonds. The quantitative estimate of drug-likeness (QED) is 0.840. The van der Waals surface area contributed by atoms with Crippen LogP contribution in [-0.2, 0) is 14.3 Å². The summed E-state index contributed by atoms with van der Waals surface area (Å²) in [6, 6.07) is -0.257. The summed E-state index contributed by atoms with van der Waals surface area (Å²) in [6.45, 7) is 3.11. The highest BCUT2D eigenvalue weighted by Gasteiger charge is 2.38. The first-order valence-corrected chi connectivity index (χ1v) is 8.26. The van der Waals surface area contributed by atoms with Crippen LogP contribution in [0.3, 0.4) is 0 Å². The second-order valence-electron chi connectivity index (χ2n) is 6.24. The summed E-state index contributed by atoms with van der Waals surface area (Å²) in [4.78, 5) is 26.8. The van der Waals surface area contributed by atoms with E-state index in [1.54, 1.807) is 7.11 Å². The van der Waals surface area contributed by atoms with Crippen LogP contribution in [-0.4, -0.2) is 49.1 Å². The topological polar surface area (TPSA) is 58.6 Å². The molecule has 21 heavy (non-hydrogen) atoms. The molecule has 0 aromatic rings. The van der Waals surface area contributed by atoms with Crippen LogP contribution >= 0.6 is 0 Å². The van der Waals surface area contributed by atoms with Crippen LogP contribution in [0.2, 0.25) is 0 Å². The van der Waals surface area contributed by atoms with Crippen LogP contribution in [0.1, 0.15) is 51.9 Å². The molecule has 0 spiro atoms. The molecule has 5 heteroatoms. The largest absolute Gasteiger partial charge is 0.383 e. The van der Waals surface area contributed by atoms with Gasteiger partial charge in [0.1, 0.15) is 6.04 Å². The standard InChI is InChI=1S/C16H28N2O3/c1-3-13(11-21-2)18-10-9-14(19)17-15(16(18)20)12-7-5-4-6-8-12/h12-13,15H,3-11H2,1-2H3,(H,17,19). The Labute approximate surface area is 127 Å². The Balaban J connectivity index is 2.14. The van der Waals surface area contributed by atoms with E-state index >= 15 is 0 Å². The van der Waals surface area contributed by atoms with Gasteiger partial charge in [-0.2, -0.15) is 0 Å². The van der Waals surface area contributed by atoms with E-state index in [0.717, 1.165) is 19.3 Å². The average molecular weight is 296 g/mol. The van der Waals surface area contributed by atoms with Crippen LogP contribution in [0, 0.1) is 5.92 Å². The van der Waals surface area contributed by atoms with Crippen LogP contribution in [0.25, 0.3) is 0 Å². The van der Waals surface area contributed by atoms with E-state index in [0.29, 0.717) is 25.5 Å². The highest BCUT2D eigenvalue weighted by atomic mass is 16.5. The highest BCUT2D eigenvalue weighted by molar-refractivity contribution is 5.90. The lowest BCUT2D eigenvalue weighted by Crippen LogP contribution is -2.52. The molecule has 2 fully saturated rings. The van der Waals surface area contributed by atoms with Crippen molar-refractivity contribution in [3.05, 3.63) is 0 Å². The Hall–Kier alpha value is -1.10. The highest BCUT2D eigenvalue weighted by Crippen LogP contribution is 2.28. The van der Waals surface area contributed by atoms with E-state index in [2.05, 4.69) is 12.2 Å². The summed E-state index contributed by atoms with van der Waals surface area (Å²) in [5.41, 5.74) is 0. The molecule has 1 aliphatic heterocycles. The number of hydrogen-bond acceptors (Lipinski definition) is 3. The van der Waals surface area contributed by atoms with Gasteiger partial charge < -0.3 is 15.0 Å². The maximum absolute atomic E-state index is 12.9. The first kappa shape index (κ1) is 16.3. The molecule has 0 aromatic heterocycles. The maximum Gasteiger partial charge on any atom is 0.245 e. The third kappa shape index (κ3) is 3.96. The van der Waals surface area contributed by atoms with Gasteiger partial charge in [-0.15, -0.1) is 0 Å². The molecule has 5 nitrogen and oxygen atoms in total. The minimum Gasteiger partial charge on any atom is -0.383 e. The molecule has 2 aliphatic rings. The second-order valence-corrected chi connectivity index (χ2v) is 6.24. The fourth-order valence-electron chi connectivity index (χ4n) is 3.59. The van der Waals surface area contributed by atoms with Gasteiger partial charge in [0, 0.05) is 20.1 Å². The average Bonchev–Trinajstić information content (AvgIpc) is 2.65. The van der Waals surface area contributed by atoms with Crippen LogP contribution in [0.15, 0.2) is 0 Å². The van der Waals surface area contributed by atoms with Crippen molar-refractivity contribution >= 4 is 11.8 Å². The Kier molecular flexibility index (Phi) is 6.03. The molecule has 2 rings (SSSR count).